The molecule has 23 heavy (non-hydrogen) atoms. The Hall–Kier alpha value is -2.18. The fraction of sp³-hybridized carbons (Fsp3) is 0.0667. The van der Waals surface area contributed by atoms with Crippen LogP contribution >= 0.6 is 23.2 Å². The third-order valence-electron chi connectivity index (χ3n) is 2.64. The van der Waals surface area contributed by atoms with Crippen LogP contribution in [0.3, 0.4) is 0 Å². The van der Waals surface area contributed by atoms with Crippen molar-refractivity contribution in [3.8, 4) is 0 Å². The Morgan fingerprint density at radius 1 is 1.00 bits per heavy atom. The fourth-order valence-electron chi connectivity index (χ4n) is 1.66. The van der Waals surface area contributed by atoms with Crippen LogP contribution < -0.4 is 5.32 Å². The van der Waals surface area contributed by atoms with Crippen LogP contribution in [0.5, 0.6) is 0 Å². The minimum absolute atomic E-state index is 0.0851. The number of anilines is 1. The molecule has 0 spiro atoms. The van der Waals surface area contributed by atoms with E-state index in [4.69, 9.17) is 27.9 Å². The van der Waals surface area contributed by atoms with Gasteiger partial charge in [-0.3, -0.25) is 4.79 Å². The molecule has 120 valence electrons. The monoisotopic (exact) mass is 359 g/mol. The molecule has 8 heteroatoms. The van der Waals surface area contributed by atoms with E-state index in [1.54, 1.807) is 0 Å². The lowest BCUT2D eigenvalue weighted by Gasteiger charge is -2.07. The number of esters is 1. The van der Waals surface area contributed by atoms with Crippen LogP contribution in [0.1, 0.15) is 10.4 Å². The number of rotatable bonds is 4. The average molecular weight is 360 g/mol. The summed E-state index contributed by atoms with van der Waals surface area (Å²) in [6.07, 6.45) is 0. The molecule has 0 aliphatic carbocycles. The zero-order valence-electron chi connectivity index (χ0n) is 11.4. The molecule has 4 nitrogen and oxygen atoms in total. The van der Waals surface area contributed by atoms with E-state index in [1.807, 2.05) is 0 Å². The normalized spacial score (nSPS) is 10.3. The number of carbonyl (C=O) groups excluding carboxylic acids is 2. The molecule has 0 saturated carbocycles. The Morgan fingerprint density at radius 3 is 2.26 bits per heavy atom. The van der Waals surface area contributed by atoms with E-state index in [1.165, 1.54) is 18.2 Å². The van der Waals surface area contributed by atoms with Crippen molar-refractivity contribution in [2.75, 3.05) is 11.9 Å². The van der Waals surface area contributed by atoms with Gasteiger partial charge in [-0.2, -0.15) is 0 Å². The van der Waals surface area contributed by atoms with Crippen LogP contribution in [0.15, 0.2) is 36.4 Å². The Morgan fingerprint density at radius 2 is 1.65 bits per heavy atom. The van der Waals surface area contributed by atoms with E-state index in [9.17, 15) is 18.4 Å². The minimum atomic E-state index is -0.840. The van der Waals surface area contributed by atoms with Gasteiger partial charge in [-0.15, -0.1) is 0 Å². The van der Waals surface area contributed by atoms with E-state index < -0.39 is 30.1 Å². The van der Waals surface area contributed by atoms with E-state index in [0.29, 0.717) is 6.07 Å². The molecule has 0 radical (unpaired) electrons. The molecule has 0 heterocycles. The molecule has 0 aliphatic rings. The quantitative estimate of drug-likeness (QED) is 0.837. The van der Waals surface area contributed by atoms with Crippen molar-refractivity contribution >= 4 is 40.8 Å². The second kappa shape index (κ2) is 7.39. The van der Waals surface area contributed by atoms with Crippen molar-refractivity contribution in [1.29, 1.82) is 0 Å². The highest BCUT2D eigenvalue weighted by Gasteiger charge is 2.12. The SMILES string of the molecule is O=C(COC(=O)c1ccc(Cl)c(Cl)c1)Nc1cc(F)cc(F)c1. The zero-order valence-corrected chi connectivity index (χ0v) is 12.9. The largest absolute Gasteiger partial charge is 0.452 e. The lowest BCUT2D eigenvalue weighted by Crippen LogP contribution is -2.21. The molecule has 0 bridgehead atoms. The average Bonchev–Trinajstić information content (AvgIpc) is 2.46. The van der Waals surface area contributed by atoms with Gasteiger partial charge in [0.25, 0.3) is 5.91 Å². The van der Waals surface area contributed by atoms with Crippen LogP contribution in [0.2, 0.25) is 10.0 Å². The summed E-state index contributed by atoms with van der Waals surface area (Å²) < 4.78 is 30.7. The summed E-state index contributed by atoms with van der Waals surface area (Å²) in [5, 5.41) is 2.65. The number of benzene rings is 2. The number of hydrogen-bond donors (Lipinski definition) is 1. The number of halogens is 4. The number of carbonyl (C=O) groups is 2. The van der Waals surface area contributed by atoms with Gasteiger partial charge >= 0.3 is 5.97 Å². The second-order valence-corrected chi connectivity index (χ2v) is 5.23. The van der Waals surface area contributed by atoms with Gasteiger partial charge in [0, 0.05) is 11.8 Å². The highest BCUT2D eigenvalue weighted by molar-refractivity contribution is 6.42. The summed E-state index contributed by atoms with van der Waals surface area (Å²) in [5.41, 5.74) is 0.0297. The smallest absolute Gasteiger partial charge is 0.338 e. The predicted molar refractivity (Wildman–Crippen MR) is 81.7 cm³/mol. The first-order valence-corrected chi connectivity index (χ1v) is 6.99. The first kappa shape index (κ1) is 17.2. The van der Waals surface area contributed by atoms with Crippen molar-refractivity contribution in [1.82, 2.24) is 0 Å². The molecule has 0 atom stereocenters. The van der Waals surface area contributed by atoms with Gasteiger partial charge in [0.1, 0.15) is 11.6 Å². The van der Waals surface area contributed by atoms with Crippen LogP contribution in [0, 0.1) is 11.6 Å². The summed E-state index contributed by atoms with van der Waals surface area (Å²) >= 11 is 11.5. The lowest BCUT2D eigenvalue weighted by atomic mass is 10.2. The highest BCUT2D eigenvalue weighted by atomic mass is 35.5. The lowest BCUT2D eigenvalue weighted by molar-refractivity contribution is -0.119. The van der Waals surface area contributed by atoms with Gasteiger partial charge < -0.3 is 10.1 Å². The van der Waals surface area contributed by atoms with Crippen molar-refractivity contribution in [3.63, 3.8) is 0 Å². The van der Waals surface area contributed by atoms with Gasteiger partial charge in [0.05, 0.1) is 15.6 Å². The topological polar surface area (TPSA) is 55.4 Å². The Kier molecular flexibility index (Phi) is 5.52. The Bertz CT molecular complexity index is 748. The van der Waals surface area contributed by atoms with Crippen LogP contribution in [-0.4, -0.2) is 18.5 Å². The van der Waals surface area contributed by atoms with E-state index in [0.717, 1.165) is 12.1 Å². The first-order chi connectivity index (χ1) is 10.8. The summed E-state index contributed by atoms with van der Waals surface area (Å²) in [5.74, 6) is -3.21. The maximum atomic E-state index is 13.0. The molecule has 2 aromatic rings. The number of ether oxygens (including phenoxy) is 1. The molecule has 2 rings (SSSR count). The Balaban J connectivity index is 1.93. The number of nitrogens with one attached hydrogen (secondary N) is 1. The molecular weight excluding hydrogens is 351 g/mol. The van der Waals surface area contributed by atoms with Crippen molar-refractivity contribution in [2.24, 2.45) is 0 Å². The molecule has 0 fully saturated rings. The van der Waals surface area contributed by atoms with Crippen LogP contribution in [0.25, 0.3) is 0 Å². The molecular formula is C15H9Cl2F2NO3. The second-order valence-electron chi connectivity index (χ2n) is 4.41. The molecule has 1 N–H and O–H groups in total. The molecule has 2 aromatic carbocycles. The molecule has 0 aromatic heterocycles. The van der Waals surface area contributed by atoms with E-state index in [-0.39, 0.29) is 21.3 Å². The summed E-state index contributed by atoms with van der Waals surface area (Å²) in [7, 11) is 0. The Labute approximate surface area is 140 Å². The van der Waals surface area contributed by atoms with Gasteiger partial charge in [0.15, 0.2) is 6.61 Å². The predicted octanol–water partition coefficient (Wildman–Crippen LogP) is 4.07. The minimum Gasteiger partial charge on any atom is -0.452 e. The van der Waals surface area contributed by atoms with E-state index in [2.05, 4.69) is 5.32 Å². The summed E-state index contributed by atoms with van der Waals surface area (Å²) in [6, 6.07) is 6.63. The first-order valence-electron chi connectivity index (χ1n) is 6.23. The third kappa shape index (κ3) is 4.91. The standard InChI is InChI=1S/C15H9Cl2F2NO3/c16-12-2-1-8(3-13(12)17)15(22)23-7-14(21)20-11-5-9(18)4-10(19)6-11/h1-6H,7H2,(H,20,21). The van der Waals surface area contributed by atoms with Gasteiger partial charge in [0.2, 0.25) is 0 Å². The number of amides is 1. The third-order valence-corrected chi connectivity index (χ3v) is 3.38. The van der Waals surface area contributed by atoms with E-state index >= 15 is 0 Å². The van der Waals surface area contributed by atoms with Crippen LogP contribution in [-0.2, 0) is 9.53 Å². The van der Waals surface area contributed by atoms with Gasteiger partial charge in [-0.25, -0.2) is 13.6 Å². The van der Waals surface area contributed by atoms with Gasteiger partial charge in [-0.1, -0.05) is 23.2 Å². The summed E-state index contributed by atoms with van der Waals surface area (Å²) in [4.78, 5) is 23.4. The molecule has 1 amide bonds. The number of hydrogen-bond acceptors (Lipinski definition) is 3. The maximum absolute atomic E-state index is 13.0. The van der Waals surface area contributed by atoms with Gasteiger partial charge in [-0.05, 0) is 30.3 Å². The highest BCUT2D eigenvalue weighted by Crippen LogP contribution is 2.22. The van der Waals surface area contributed by atoms with Crippen molar-refractivity contribution in [3.05, 3.63) is 63.6 Å². The summed E-state index contributed by atoms with van der Waals surface area (Å²) in [6.45, 7) is -0.628. The molecule has 0 aliphatic heterocycles. The molecule has 0 saturated heterocycles. The molecule has 0 unspecified atom stereocenters. The zero-order chi connectivity index (χ0) is 17.0. The maximum Gasteiger partial charge on any atom is 0.338 e. The van der Waals surface area contributed by atoms with Crippen molar-refractivity contribution < 1.29 is 23.1 Å². The van der Waals surface area contributed by atoms with Crippen molar-refractivity contribution in [2.45, 2.75) is 0 Å². The fourth-order valence-corrected chi connectivity index (χ4v) is 1.96. The van der Waals surface area contributed by atoms with Crippen LogP contribution in [0.4, 0.5) is 14.5 Å².